The molecular formula is C22H25N3O3S. The van der Waals surface area contributed by atoms with Crippen LogP contribution in [0.4, 0.5) is 0 Å². The van der Waals surface area contributed by atoms with Gasteiger partial charge in [0, 0.05) is 29.6 Å². The molecule has 7 heteroatoms. The monoisotopic (exact) mass is 411 g/mol. The van der Waals surface area contributed by atoms with Gasteiger partial charge in [-0.1, -0.05) is 44.2 Å². The Labute approximate surface area is 175 Å². The number of nitrogens with one attached hydrogen (secondary N) is 1. The van der Waals surface area contributed by atoms with Gasteiger partial charge in [0.25, 0.3) is 11.1 Å². The minimum Gasteiger partial charge on any atom is -0.493 e. The van der Waals surface area contributed by atoms with Crippen molar-refractivity contribution in [2.45, 2.75) is 33.2 Å². The molecule has 0 aliphatic carbocycles. The van der Waals surface area contributed by atoms with Gasteiger partial charge in [0.15, 0.2) is 17.3 Å². The van der Waals surface area contributed by atoms with Crippen molar-refractivity contribution in [2.75, 3.05) is 7.11 Å². The Kier molecular flexibility index (Phi) is 6.82. The summed E-state index contributed by atoms with van der Waals surface area (Å²) < 4.78 is 15.6. The van der Waals surface area contributed by atoms with Gasteiger partial charge in [-0.15, -0.1) is 0 Å². The molecule has 1 heterocycles. The van der Waals surface area contributed by atoms with Crippen LogP contribution in [0.5, 0.6) is 16.7 Å². The smallest absolute Gasteiger partial charge is 0.298 e. The van der Waals surface area contributed by atoms with Gasteiger partial charge >= 0.3 is 0 Å². The zero-order chi connectivity index (χ0) is 20.8. The minimum absolute atomic E-state index is 0.0776. The number of benzene rings is 2. The molecule has 1 unspecified atom stereocenters. The van der Waals surface area contributed by atoms with Crippen molar-refractivity contribution in [1.29, 1.82) is 0 Å². The molecule has 0 saturated heterocycles. The number of hydrogen-bond donors (Lipinski definition) is 1. The number of nitrogens with zero attached hydrogens (tertiary/aromatic N) is 2. The predicted molar refractivity (Wildman–Crippen MR) is 114 cm³/mol. The maximum atomic E-state index is 12.4. The highest BCUT2D eigenvalue weighted by Gasteiger charge is 2.16. The Hall–Kier alpha value is -2.93. The highest BCUT2D eigenvalue weighted by atomic mass is 32.1. The maximum Gasteiger partial charge on any atom is 0.298 e. The molecule has 0 saturated carbocycles. The highest BCUT2D eigenvalue weighted by Crippen LogP contribution is 2.33. The fourth-order valence-corrected chi connectivity index (χ4v) is 3.14. The Morgan fingerprint density at radius 1 is 1.10 bits per heavy atom. The van der Waals surface area contributed by atoms with Crippen LogP contribution in [0.3, 0.4) is 0 Å². The second-order valence-corrected chi connectivity index (χ2v) is 7.83. The first-order valence-electron chi connectivity index (χ1n) is 9.49. The molecule has 0 bridgehead atoms. The number of hydrogen-bond acceptors (Lipinski definition) is 6. The van der Waals surface area contributed by atoms with Gasteiger partial charge in [0.1, 0.15) is 0 Å². The van der Waals surface area contributed by atoms with E-state index in [-0.39, 0.29) is 11.9 Å². The van der Waals surface area contributed by atoms with E-state index in [1.54, 1.807) is 25.3 Å². The molecule has 0 radical (unpaired) electrons. The van der Waals surface area contributed by atoms with E-state index in [0.29, 0.717) is 40.4 Å². The van der Waals surface area contributed by atoms with E-state index in [9.17, 15) is 4.79 Å². The zero-order valence-corrected chi connectivity index (χ0v) is 17.8. The number of aromatic nitrogens is 2. The summed E-state index contributed by atoms with van der Waals surface area (Å²) in [4.78, 5) is 16.9. The third kappa shape index (κ3) is 5.54. The number of carbonyl (C=O) groups excluding carboxylic acids is 1. The van der Waals surface area contributed by atoms with E-state index in [2.05, 4.69) is 28.5 Å². The lowest BCUT2D eigenvalue weighted by Gasteiger charge is -2.18. The molecule has 152 valence electrons. The lowest BCUT2D eigenvalue weighted by atomic mass is 10.1. The molecule has 3 aromatic rings. The second-order valence-electron chi connectivity index (χ2n) is 7.11. The van der Waals surface area contributed by atoms with E-state index < -0.39 is 0 Å². The summed E-state index contributed by atoms with van der Waals surface area (Å²) in [5.74, 6) is 1.87. The average Bonchev–Trinajstić information content (AvgIpc) is 3.15. The molecule has 1 atom stereocenters. The van der Waals surface area contributed by atoms with Crippen molar-refractivity contribution in [2.24, 2.45) is 5.92 Å². The summed E-state index contributed by atoms with van der Waals surface area (Å²) in [5.41, 5.74) is 1.66. The topological polar surface area (TPSA) is 73.3 Å². The second kappa shape index (κ2) is 9.52. The SMILES string of the molecule is COc1cc(C(=O)NC(C)C(C)C)ccc1Oc1nc(Cc2ccccc2)ns1. The van der Waals surface area contributed by atoms with Gasteiger partial charge in [0.2, 0.25) is 0 Å². The van der Waals surface area contributed by atoms with Gasteiger partial charge in [-0.05, 0) is 36.6 Å². The molecule has 0 aliphatic heterocycles. The summed E-state index contributed by atoms with van der Waals surface area (Å²) in [6.07, 6.45) is 0.644. The third-order valence-electron chi connectivity index (χ3n) is 4.64. The normalized spacial score (nSPS) is 11.9. The van der Waals surface area contributed by atoms with Crippen LogP contribution in [-0.4, -0.2) is 28.4 Å². The van der Waals surface area contributed by atoms with Gasteiger partial charge in [0.05, 0.1) is 7.11 Å². The Balaban J connectivity index is 1.70. The Morgan fingerprint density at radius 3 is 2.55 bits per heavy atom. The van der Waals surface area contributed by atoms with Crippen molar-refractivity contribution >= 4 is 17.4 Å². The van der Waals surface area contributed by atoms with Crippen molar-refractivity contribution in [3.8, 4) is 16.7 Å². The quantitative estimate of drug-likeness (QED) is 0.581. The lowest BCUT2D eigenvalue weighted by Crippen LogP contribution is -2.36. The average molecular weight is 412 g/mol. The summed E-state index contributed by atoms with van der Waals surface area (Å²) in [7, 11) is 1.54. The molecule has 3 rings (SSSR count). The van der Waals surface area contributed by atoms with E-state index in [1.807, 2.05) is 37.3 Å². The molecule has 6 nitrogen and oxygen atoms in total. The summed E-state index contributed by atoms with van der Waals surface area (Å²) >= 11 is 1.19. The summed E-state index contributed by atoms with van der Waals surface area (Å²) in [6, 6.07) is 15.2. The lowest BCUT2D eigenvalue weighted by molar-refractivity contribution is 0.0930. The Morgan fingerprint density at radius 2 is 1.86 bits per heavy atom. The number of rotatable bonds is 8. The van der Waals surface area contributed by atoms with Gasteiger partial charge in [-0.3, -0.25) is 4.79 Å². The highest BCUT2D eigenvalue weighted by molar-refractivity contribution is 7.07. The van der Waals surface area contributed by atoms with Gasteiger partial charge in [-0.2, -0.15) is 9.36 Å². The fourth-order valence-electron chi connectivity index (χ4n) is 2.57. The fraction of sp³-hybridized carbons (Fsp3) is 0.318. The van der Waals surface area contributed by atoms with Gasteiger partial charge in [-0.25, -0.2) is 0 Å². The van der Waals surface area contributed by atoms with E-state index in [4.69, 9.17) is 9.47 Å². The van der Waals surface area contributed by atoms with Crippen molar-refractivity contribution in [3.05, 3.63) is 65.5 Å². The molecule has 0 aliphatic rings. The predicted octanol–water partition coefficient (Wildman–Crippen LogP) is 4.70. The first-order chi connectivity index (χ1) is 14.0. The van der Waals surface area contributed by atoms with Crippen LogP contribution >= 0.6 is 11.5 Å². The molecule has 0 fully saturated rings. The van der Waals surface area contributed by atoms with Crippen LogP contribution in [0.25, 0.3) is 0 Å². The first kappa shape index (κ1) is 20.8. The largest absolute Gasteiger partial charge is 0.493 e. The van der Waals surface area contributed by atoms with Crippen LogP contribution in [0.2, 0.25) is 0 Å². The van der Waals surface area contributed by atoms with Crippen LogP contribution < -0.4 is 14.8 Å². The third-order valence-corrected chi connectivity index (χ3v) is 5.27. The van der Waals surface area contributed by atoms with Crippen LogP contribution in [0.15, 0.2) is 48.5 Å². The van der Waals surface area contributed by atoms with Crippen molar-refractivity contribution < 1.29 is 14.3 Å². The van der Waals surface area contributed by atoms with E-state index in [0.717, 1.165) is 5.56 Å². The van der Waals surface area contributed by atoms with E-state index >= 15 is 0 Å². The molecule has 29 heavy (non-hydrogen) atoms. The minimum atomic E-state index is -0.142. The summed E-state index contributed by atoms with van der Waals surface area (Å²) in [6.45, 7) is 6.12. The number of methoxy groups -OCH3 is 1. The van der Waals surface area contributed by atoms with Crippen molar-refractivity contribution in [3.63, 3.8) is 0 Å². The first-order valence-corrected chi connectivity index (χ1v) is 10.3. The van der Waals surface area contributed by atoms with Crippen LogP contribution in [0, 0.1) is 5.92 Å². The molecule has 0 spiro atoms. The number of ether oxygens (including phenoxy) is 2. The van der Waals surface area contributed by atoms with E-state index in [1.165, 1.54) is 11.5 Å². The number of carbonyl (C=O) groups is 1. The molecule has 1 aromatic heterocycles. The maximum absolute atomic E-state index is 12.4. The van der Waals surface area contributed by atoms with Crippen LogP contribution in [0.1, 0.15) is 42.5 Å². The Bertz CT molecular complexity index is 957. The zero-order valence-electron chi connectivity index (χ0n) is 17.0. The van der Waals surface area contributed by atoms with Crippen LogP contribution in [-0.2, 0) is 6.42 Å². The molecule has 2 aromatic carbocycles. The van der Waals surface area contributed by atoms with Gasteiger partial charge < -0.3 is 14.8 Å². The molecular weight excluding hydrogens is 386 g/mol. The molecule has 1 amide bonds. The van der Waals surface area contributed by atoms with Crippen molar-refractivity contribution in [1.82, 2.24) is 14.7 Å². The molecule has 1 N–H and O–H groups in total. The summed E-state index contributed by atoms with van der Waals surface area (Å²) in [5, 5.41) is 3.42. The number of amides is 1. The standard InChI is InChI=1S/C22H25N3O3S/c1-14(2)15(3)23-21(26)17-10-11-18(19(13-17)27-4)28-22-24-20(25-29-22)12-16-8-6-5-7-9-16/h5-11,13-15H,12H2,1-4H3,(H,23,26).